The first-order valence-corrected chi connectivity index (χ1v) is 13.0. The normalized spacial score (nSPS) is 16.0. The van der Waals surface area contributed by atoms with Crippen molar-refractivity contribution in [2.75, 3.05) is 11.0 Å². The van der Waals surface area contributed by atoms with Gasteiger partial charge in [-0.15, -0.1) is 0 Å². The van der Waals surface area contributed by atoms with E-state index in [1.165, 1.54) is 12.5 Å². The minimum atomic E-state index is -3.87. The molecule has 0 fully saturated rings. The predicted octanol–water partition coefficient (Wildman–Crippen LogP) is 5.05. The molecule has 1 heterocycles. The van der Waals surface area contributed by atoms with Gasteiger partial charge in [0.1, 0.15) is 17.7 Å². The van der Waals surface area contributed by atoms with Gasteiger partial charge in [-0.25, -0.2) is 17.2 Å². The molecule has 35 heavy (non-hydrogen) atoms. The van der Waals surface area contributed by atoms with Crippen LogP contribution in [0.15, 0.2) is 41.0 Å². The third kappa shape index (κ3) is 5.45. The maximum absolute atomic E-state index is 14.3. The van der Waals surface area contributed by atoms with E-state index in [4.69, 9.17) is 9.15 Å². The fourth-order valence-corrected chi connectivity index (χ4v) is 4.77. The quantitative estimate of drug-likeness (QED) is 0.443. The van der Waals surface area contributed by atoms with E-state index >= 15 is 0 Å². The van der Waals surface area contributed by atoms with Crippen LogP contribution in [0.5, 0.6) is 11.8 Å². The summed E-state index contributed by atoms with van der Waals surface area (Å²) in [4.78, 5) is 16.7. The SMILES string of the molecule is CCC1CCc2c(Oc3nc(C(=O)N[C@H](C)c4cc(F)c(NS(C)(=O)=O)c(F)c4)co3)cccc21. The number of nitrogens with zero attached hydrogens (tertiary/aromatic N) is 1. The molecule has 3 aromatic rings. The Morgan fingerprint density at radius 3 is 2.66 bits per heavy atom. The molecule has 2 N–H and O–H groups in total. The van der Waals surface area contributed by atoms with Crippen LogP contribution in [0.25, 0.3) is 0 Å². The summed E-state index contributed by atoms with van der Waals surface area (Å²) in [5.74, 6) is -1.73. The number of rotatable bonds is 8. The van der Waals surface area contributed by atoms with Gasteiger partial charge >= 0.3 is 6.08 Å². The number of halogens is 2. The van der Waals surface area contributed by atoms with E-state index < -0.39 is 39.3 Å². The third-order valence-electron chi connectivity index (χ3n) is 5.96. The average molecular weight is 506 g/mol. The highest BCUT2D eigenvalue weighted by Gasteiger charge is 2.25. The number of hydrogen-bond acceptors (Lipinski definition) is 6. The largest absolute Gasteiger partial charge is 0.416 e. The van der Waals surface area contributed by atoms with Gasteiger partial charge < -0.3 is 14.5 Å². The van der Waals surface area contributed by atoms with Crippen molar-refractivity contribution in [3.05, 3.63) is 70.6 Å². The summed E-state index contributed by atoms with van der Waals surface area (Å²) in [6, 6.07) is 6.90. The third-order valence-corrected chi connectivity index (χ3v) is 6.53. The number of sulfonamides is 1. The highest BCUT2D eigenvalue weighted by molar-refractivity contribution is 7.92. The number of anilines is 1. The average Bonchev–Trinajstić information content (AvgIpc) is 3.43. The van der Waals surface area contributed by atoms with Gasteiger partial charge in [0.15, 0.2) is 17.3 Å². The molecule has 1 amide bonds. The minimum absolute atomic E-state index is 0.0674. The maximum Gasteiger partial charge on any atom is 0.399 e. The van der Waals surface area contributed by atoms with E-state index in [0.717, 1.165) is 49.5 Å². The van der Waals surface area contributed by atoms with E-state index in [-0.39, 0.29) is 17.3 Å². The van der Waals surface area contributed by atoms with E-state index in [9.17, 15) is 22.0 Å². The molecule has 0 saturated carbocycles. The van der Waals surface area contributed by atoms with Crippen LogP contribution in [-0.4, -0.2) is 25.6 Å². The second kappa shape index (κ2) is 9.65. The van der Waals surface area contributed by atoms with Gasteiger partial charge in [-0.1, -0.05) is 19.1 Å². The van der Waals surface area contributed by atoms with Crippen molar-refractivity contribution in [1.29, 1.82) is 0 Å². The minimum Gasteiger partial charge on any atom is -0.416 e. The van der Waals surface area contributed by atoms with Crippen molar-refractivity contribution in [1.82, 2.24) is 10.3 Å². The fourth-order valence-electron chi connectivity index (χ4n) is 4.21. The zero-order valence-corrected chi connectivity index (χ0v) is 20.2. The van der Waals surface area contributed by atoms with E-state index in [0.29, 0.717) is 11.7 Å². The Balaban J connectivity index is 1.45. The van der Waals surface area contributed by atoms with E-state index in [1.54, 1.807) is 4.72 Å². The van der Waals surface area contributed by atoms with Gasteiger partial charge in [-0.2, -0.15) is 4.98 Å². The second-order valence-electron chi connectivity index (χ2n) is 8.50. The standard InChI is InChI=1S/C24H25F2N3O5S/c1-4-14-8-9-17-16(14)6-5-7-21(17)34-24-28-20(12-33-24)23(30)27-13(2)15-10-18(25)22(19(26)11-15)29-35(3,31)32/h5-7,10-14,29H,4,8-9H2,1-3H3,(H,27,30)/t13-,14?/m1/s1. The number of carbonyl (C=O) groups is 1. The van der Waals surface area contributed by atoms with Crippen LogP contribution in [0.2, 0.25) is 0 Å². The van der Waals surface area contributed by atoms with Crippen LogP contribution >= 0.6 is 0 Å². The highest BCUT2D eigenvalue weighted by Crippen LogP contribution is 2.41. The summed E-state index contributed by atoms with van der Waals surface area (Å²) in [6.07, 6.45) is 4.81. The van der Waals surface area contributed by atoms with Crippen molar-refractivity contribution < 1.29 is 31.1 Å². The lowest BCUT2D eigenvalue weighted by molar-refractivity contribution is 0.0934. The zero-order chi connectivity index (χ0) is 25.3. The lowest BCUT2D eigenvalue weighted by atomic mass is 9.99. The van der Waals surface area contributed by atoms with Crippen LogP contribution in [0.1, 0.15) is 65.8 Å². The molecule has 2 aromatic carbocycles. The van der Waals surface area contributed by atoms with Crippen LogP contribution in [-0.2, 0) is 16.4 Å². The molecule has 11 heteroatoms. The molecule has 186 valence electrons. The molecular weight excluding hydrogens is 480 g/mol. The molecule has 4 rings (SSSR count). The van der Waals surface area contributed by atoms with Crippen LogP contribution in [0.3, 0.4) is 0 Å². The van der Waals surface area contributed by atoms with Crippen LogP contribution in [0.4, 0.5) is 14.5 Å². The smallest absolute Gasteiger partial charge is 0.399 e. The van der Waals surface area contributed by atoms with E-state index in [2.05, 4.69) is 23.3 Å². The number of aromatic nitrogens is 1. The van der Waals surface area contributed by atoms with Crippen molar-refractivity contribution in [3.63, 3.8) is 0 Å². The summed E-state index contributed by atoms with van der Waals surface area (Å²) < 4.78 is 64.1. The first kappa shape index (κ1) is 24.6. The maximum atomic E-state index is 14.3. The lowest BCUT2D eigenvalue weighted by Gasteiger charge is -2.15. The van der Waals surface area contributed by atoms with Gasteiger partial charge in [0, 0.05) is 0 Å². The first-order chi connectivity index (χ1) is 16.6. The Kier molecular flexibility index (Phi) is 6.79. The molecule has 1 aromatic heterocycles. The number of amides is 1. The predicted molar refractivity (Wildman–Crippen MR) is 125 cm³/mol. The summed E-state index contributed by atoms with van der Waals surface area (Å²) in [7, 11) is -3.87. The molecule has 0 saturated heterocycles. The number of benzene rings is 2. The fraction of sp³-hybridized carbons (Fsp3) is 0.333. The molecule has 1 unspecified atom stereocenters. The number of oxazole rings is 1. The zero-order valence-electron chi connectivity index (χ0n) is 19.4. The Bertz CT molecular complexity index is 1350. The molecule has 1 aliphatic carbocycles. The summed E-state index contributed by atoms with van der Waals surface area (Å²) >= 11 is 0. The molecule has 0 bridgehead atoms. The number of carbonyl (C=O) groups excluding carboxylic acids is 1. The van der Waals surface area contributed by atoms with Crippen molar-refractivity contribution >= 4 is 21.6 Å². The summed E-state index contributed by atoms with van der Waals surface area (Å²) in [5, 5.41) is 2.58. The highest BCUT2D eigenvalue weighted by atomic mass is 32.2. The van der Waals surface area contributed by atoms with Gasteiger partial charge in [0.25, 0.3) is 5.91 Å². The number of nitrogens with one attached hydrogen (secondary N) is 2. The molecule has 0 radical (unpaired) electrons. The van der Waals surface area contributed by atoms with Crippen LogP contribution in [0, 0.1) is 11.6 Å². The molecule has 0 aliphatic heterocycles. The lowest BCUT2D eigenvalue weighted by Crippen LogP contribution is -2.27. The molecule has 1 aliphatic rings. The Morgan fingerprint density at radius 2 is 2.00 bits per heavy atom. The Hall–Kier alpha value is -3.47. The monoisotopic (exact) mass is 505 g/mol. The second-order valence-corrected chi connectivity index (χ2v) is 10.2. The number of ether oxygens (including phenoxy) is 1. The van der Waals surface area contributed by atoms with Crippen molar-refractivity contribution in [2.24, 2.45) is 0 Å². The number of fused-ring (bicyclic) bond motifs is 1. The van der Waals surface area contributed by atoms with Gasteiger partial charge in [0.05, 0.1) is 12.3 Å². The van der Waals surface area contributed by atoms with Crippen molar-refractivity contribution in [3.8, 4) is 11.8 Å². The Morgan fingerprint density at radius 1 is 1.29 bits per heavy atom. The van der Waals surface area contributed by atoms with Gasteiger partial charge in [0.2, 0.25) is 10.0 Å². The van der Waals surface area contributed by atoms with Crippen LogP contribution < -0.4 is 14.8 Å². The van der Waals surface area contributed by atoms with E-state index in [1.807, 2.05) is 12.1 Å². The molecule has 0 spiro atoms. The first-order valence-electron chi connectivity index (χ1n) is 11.1. The molecular formula is C24H25F2N3O5S. The van der Waals surface area contributed by atoms with Gasteiger partial charge in [-0.3, -0.25) is 9.52 Å². The topological polar surface area (TPSA) is 111 Å². The van der Waals surface area contributed by atoms with Gasteiger partial charge in [-0.05, 0) is 67.0 Å². The molecule has 8 nitrogen and oxygen atoms in total. The number of hydrogen-bond donors (Lipinski definition) is 2. The molecule has 2 atom stereocenters. The summed E-state index contributed by atoms with van der Waals surface area (Å²) in [5.41, 5.74) is 1.60. The van der Waals surface area contributed by atoms with Crippen molar-refractivity contribution in [2.45, 2.75) is 45.1 Å². The summed E-state index contributed by atoms with van der Waals surface area (Å²) in [6.45, 7) is 3.67. The Labute approximate surface area is 201 Å².